The van der Waals surface area contributed by atoms with Crippen molar-refractivity contribution < 1.29 is 13.2 Å². The van der Waals surface area contributed by atoms with E-state index in [9.17, 15) is 8.42 Å². The number of methoxy groups -OCH3 is 1. The maximum absolute atomic E-state index is 11.7. The van der Waals surface area contributed by atoms with Crippen molar-refractivity contribution in [2.45, 2.75) is 4.90 Å². The fourth-order valence-electron chi connectivity index (χ4n) is 0.915. The number of benzene rings is 1. The Morgan fingerprint density at radius 1 is 1.38 bits per heavy atom. The minimum absolute atomic E-state index is 0.0838. The molecule has 1 aromatic carbocycles. The summed E-state index contributed by atoms with van der Waals surface area (Å²) >= 11 is 6.78. The molecule has 0 aliphatic rings. The first-order valence-corrected chi connectivity index (χ1v) is 7.22. The summed E-state index contributed by atoms with van der Waals surface area (Å²) in [5.74, 6) is 0. The molecule has 0 aromatic heterocycles. The minimum atomic E-state index is -3.72. The minimum Gasteiger partial charge on any atom is -0.476 e. The summed E-state index contributed by atoms with van der Waals surface area (Å²) in [6.07, 6.45) is 1.68. The lowest BCUT2D eigenvalue weighted by atomic mass is 10.4. The van der Waals surface area contributed by atoms with Gasteiger partial charge in [0.05, 0.1) is 12.0 Å². The van der Waals surface area contributed by atoms with Gasteiger partial charge in [0, 0.05) is 5.02 Å². The predicted octanol–water partition coefficient (Wildman–Crippen LogP) is 2.39. The molecular weight excluding hydrogens is 270 g/mol. The van der Waals surface area contributed by atoms with Crippen molar-refractivity contribution in [2.75, 3.05) is 13.4 Å². The van der Waals surface area contributed by atoms with Crippen molar-refractivity contribution in [2.24, 2.45) is 4.40 Å². The normalized spacial score (nSPS) is 12.6. The Bertz CT molecular complexity index is 476. The molecule has 1 rings (SSSR count). The van der Waals surface area contributed by atoms with Gasteiger partial charge in [-0.05, 0) is 30.5 Å². The topological polar surface area (TPSA) is 55.7 Å². The maximum Gasteiger partial charge on any atom is 0.286 e. The van der Waals surface area contributed by atoms with Gasteiger partial charge in [-0.3, -0.25) is 0 Å². The molecule has 0 radical (unpaired) electrons. The maximum atomic E-state index is 11.7. The Labute approximate surface area is 104 Å². The van der Waals surface area contributed by atoms with Crippen molar-refractivity contribution >= 4 is 38.6 Å². The van der Waals surface area contributed by atoms with Crippen LogP contribution in [0.2, 0.25) is 5.02 Å². The van der Waals surface area contributed by atoms with Crippen LogP contribution in [0.4, 0.5) is 0 Å². The van der Waals surface area contributed by atoms with Crippen molar-refractivity contribution in [3.8, 4) is 0 Å². The Morgan fingerprint density at radius 3 is 2.38 bits per heavy atom. The highest BCUT2D eigenvalue weighted by molar-refractivity contribution is 8.13. The molecule has 7 heteroatoms. The summed E-state index contributed by atoms with van der Waals surface area (Å²) in [5, 5.41) is 0.565. The number of halogens is 1. The summed E-state index contributed by atoms with van der Waals surface area (Å²) in [5.41, 5.74) is 0. The standard InChI is InChI=1S/C9H10ClNO3S2/c1-14-9(15-2)11-16(12,13)8-5-3-7(10)4-6-8/h3-6H,1-2H3. The van der Waals surface area contributed by atoms with Crippen LogP contribution in [0.3, 0.4) is 0 Å². The molecule has 16 heavy (non-hydrogen) atoms. The third-order valence-electron chi connectivity index (χ3n) is 1.66. The summed E-state index contributed by atoms with van der Waals surface area (Å²) in [7, 11) is -2.35. The molecular formula is C9H10ClNO3S2. The lowest BCUT2D eigenvalue weighted by Crippen LogP contribution is -2.03. The Balaban J connectivity index is 3.12. The fourth-order valence-corrected chi connectivity index (χ4v) is 2.66. The van der Waals surface area contributed by atoms with Crippen LogP contribution in [-0.4, -0.2) is 27.0 Å². The lowest BCUT2D eigenvalue weighted by Gasteiger charge is -2.02. The fraction of sp³-hybridized carbons (Fsp3) is 0.222. The zero-order valence-corrected chi connectivity index (χ0v) is 11.1. The third-order valence-corrected chi connectivity index (χ3v) is 3.90. The van der Waals surface area contributed by atoms with Gasteiger partial charge in [-0.1, -0.05) is 23.4 Å². The van der Waals surface area contributed by atoms with E-state index in [-0.39, 0.29) is 10.1 Å². The quantitative estimate of drug-likeness (QED) is 0.616. The largest absolute Gasteiger partial charge is 0.476 e. The first kappa shape index (κ1) is 13.3. The molecule has 0 amide bonds. The number of ether oxygens (including phenoxy) is 1. The molecule has 0 heterocycles. The van der Waals surface area contributed by atoms with E-state index in [4.69, 9.17) is 16.3 Å². The SMILES string of the molecule is COC(=NS(=O)(=O)c1ccc(Cl)cc1)SC. The highest BCUT2D eigenvalue weighted by Crippen LogP contribution is 2.17. The summed E-state index contributed by atoms with van der Waals surface area (Å²) in [6, 6.07) is 5.79. The van der Waals surface area contributed by atoms with Crippen molar-refractivity contribution in [1.29, 1.82) is 0 Å². The Kier molecular flexibility index (Phi) is 4.64. The number of hydrogen-bond donors (Lipinski definition) is 0. The zero-order valence-electron chi connectivity index (χ0n) is 8.68. The number of hydrogen-bond acceptors (Lipinski definition) is 4. The molecule has 0 saturated carbocycles. The molecule has 0 bridgehead atoms. The van der Waals surface area contributed by atoms with Gasteiger partial charge in [0.1, 0.15) is 0 Å². The van der Waals surface area contributed by atoms with Crippen molar-refractivity contribution in [3.05, 3.63) is 29.3 Å². The van der Waals surface area contributed by atoms with Gasteiger partial charge in [0.2, 0.25) is 0 Å². The first-order valence-electron chi connectivity index (χ1n) is 4.18. The van der Waals surface area contributed by atoms with E-state index in [1.165, 1.54) is 31.4 Å². The average molecular weight is 280 g/mol. The first-order chi connectivity index (χ1) is 7.49. The van der Waals surface area contributed by atoms with E-state index in [0.717, 1.165) is 11.8 Å². The molecule has 0 spiro atoms. The molecule has 0 unspecified atom stereocenters. The summed E-state index contributed by atoms with van der Waals surface area (Å²) in [6.45, 7) is 0. The third kappa shape index (κ3) is 3.40. The van der Waals surface area contributed by atoms with Gasteiger partial charge >= 0.3 is 0 Å². The zero-order chi connectivity index (χ0) is 12.2. The summed E-state index contributed by atoms with van der Waals surface area (Å²) < 4.78 is 31.8. The molecule has 1 aromatic rings. The van der Waals surface area contributed by atoms with Crippen LogP contribution in [-0.2, 0) is 14.8 Å². The molecule has 0 aliphatic heterocycles. The molecule has 4 nitrogen and oxygen atoms in total. The van der Waals surface area contributed by atoms with Crippen LogP contribution in [0, 0.1) is 0 Å². The van der Waals surface area contributed by atoms with Gasteiger partial charge in [0.25, 0.3) is 15.3 Å². The second kappa shape index (κ2) is 5.56. The van der Waals surface area contributed by atoms with Crippen LogP contribution in [0.25, 0.3) is 0 Å². The van der Waals surface area contributed by atoms with Crippen LogP contribution in [0.15, 0.2) is 33.6 Å². The highest BCUT2D eigenvalue weighted by atomic mass is 35.5. The van der Waals surface area contributed by atoms with Crippen molar-refractivity contribution in [3.63, 3.8) is 0 Å². The van der Waals surface area contributed by atoms with E-state index < -0.39 is 10.0 Å². The second-order valence-corrected chi connectivity index (χ2v) is 5.49. The van der Waals surface area contributed by atoms with Crippen molar-refractivity contribution in [1.82, 2.24) is 0 Å². The second-order valence-electron chi connectivity index (χ2n) is 2.69. The molecule has 88 valence electrons. The number of nitrogens with zero attached hydrogens (tertiary/aromatic N) is 1. The monoisotopic (exact) mass is 279 g/mol. The van der Waals surface area contributed by atoms with Crippen LogP contribution in [0.5, 0.6) is 0 Å². The van der Waals surface area contributed by atoms with Crippen LogP contribution in [0.1, 0.15) is 0 Å². The van der Waals surface area contributed by atoms with E-state index in [2.05, 4.69) is 4.40 Å². The van der Waals surface area contributed by atoms with Gasteiger partial charge in [-0.2, -0.15) is 8.42 Å². The number of thioether (sulfide) groups is 1. The molecule has 0 aliphatic carbocycles. The number of rotatable bonds is 2. The summed E-state index contributed by atoms with van der Waals surface area (Å²) in [4.78, 5) is 0.0838. The predicted molar refractivity (Wildman–Crippen MR) is 66.6 cm³/mol. The molecule has 0 fully saturated rings. The highest BCUT2D eigenvalue weighted by Gasteiger charge is 2.14. The molecule has 0 saturated heterocycles. The lowest BCUT2D eigenvalue weighted by molar-refractivity contribution is 0.417. The van der Waals surface area contributed by atoms with Crippen LogP contribution < -0.4 is 0 Å². The molecule has 0 atom stereocenters. The van der Waals surface area contributed by atoms with Gasteiger partial charge < -0.3 is 4.74 Å². The Hall–Kier alpha value is -0.720. The number of sulfonamides is 1. The van der Waals surface area contributed by atoms with E-state index >= 15 is 0 Å². The van der Waals surface area contributed by atoms with E-state index in [0.29, 0.717) is 5.02 Å². The van der Waals surface area contributed by atoms with Crippen LogP contribution >= 0.6 is 23.4 Å². The van der Waals surface area contributed by atoms with E-state index in [1.54, 1.807) is 6.26 Å². The Morgan fingerprint density at radius 2 is 1.94 bits per heavy atom. The van der Waals surface area contributed by atoms with Gasteiger partial charge in [-0.15, -0.1) is 4.40 Å². The van der Waals surface area contributed by atoms with Gasteiger partial charge in [0.15, 0.2) is 0 Å². The van der Waals surface area contributed by atoms with Gasteiger partial charge in [-0.25, -0.2) is 0 Å². The van der Waals surface area contributed by atoms with E-state index in [1.807, 2.05) is 0 Å². The molecule has 0 N–H and O–H groups in total. The smallest absolute Gasteiger partial charge is 0.286 e. The average Bonchev–Trinajstić information content (AvgIpc) is 2.26.